The van der Waals surface area contributed by atoms with Crippen molar-refractivity contribution in [2.45, 2.75) is 13.1 Å². The molecule has 0 radical (unpaired) electrons. The third-order valence-corrected chi connectivity index (χ3v) is 4.49. The molecule has 0 spiro atoms. The van der Waals surface area contributed by atoms with E-state index in [2.05, 4.69) is 16.9 Å². The van der Waals surface area contributed by atoms with Crippen LogP contribution in [0.1, 0.15) is 15.9 Å². The summed E-state index contributed by atoms with van der Waals surface area (Å²) in [5, 5.41) is 3.33. The van der Waals surface area contributed by atoms with Crippen molar-refractivity contribution in [3.05, 3.63) is 81.4 Å². The van der Waals surface area contributed by atoms with Crippen molar-refractivity contribution in [3.8, 4) is 5.75 Å². The molecule has 0 aliphatic rings. The molecule has 1 amide bonds. The van der Waals surface area contributed by atoms with Crippen LogP contribution in [-0.2, 0) is 13.1 Å². The zero-order chi connectivity index (χ0) is 19.4. The van der Waals surface area contributed by atoms with E-state index >= 15 is 0 Å². The van der Waals surface area contributed by atoms with Gasteiger partial charge in [0.05, 0.1) is 18.0 Å². The number of nitrogens with one attached hydrogen (secondary N) is 2. The minimum Gasteiger partial charge on any atom is -0.497 e. The summed E-state index contributed by atoms with van der Waals surface area (Å²) in [6.07, 6.45) is 1.61. The van der Waals surface area contributed by atoms with Crippen LogP contribution in [0.25, 0.3) is 10.9 Å². The number of carbonyl (C=O) groups is 1. The van der Waals surface area contributed by atoms with Gasteiger partial charge < -0.3 is 15.0 Å². The highest BCUT2D eigenvalue weighted by Gasteiger charge is 2.10. The van der Waals surface area contributed by atoms with Gasteiger partial charge >= 0.3 is 0 Å². The number of allylic oxidation sites excluding steroid dienone is 1. The highest BCUT2D eigenvalue weighted by molar-refractivity contribution is 7.71. The smallest absolute Gasteiger partial charge is 0.262 e. The first-order valence-corrected chi connectivity index (χ1v) is 8.73. The first-order chi connectivity index (χ1) is 13.0. The molecule has 138 valence electrons. The second kappa shape index (κ2) is 8.01. The lowest BCUT2D eigenvalue weighted by Gasteiger charge is -2.09. The molecule has 6 nitrogen and oxygen atoms in total. The second-order valence-corrected chi connectivity index (χ2v) is 6.31. The molecule has 3 aromatic rings. The lowest BCUT2D eigenvalue weighted by molar-refractivity contribution is 0.0951. The number of benzene rings is 2. The van der Waals surface area contributed by atoms with Crippen LogP contribution in [0.3, 0.4) is 0 Å². The lowest BCUT2D eigenvalue weighted by atomic mass is 10.1. The molecule has 2 aromatic carbocycles. The van der Waals surface area contributed by atoms with Crippen LogP contribution in [0.4, 0.5) is 0 Å². The molecule has 27 heavy (non-hydrogen) atoms. The molecule has 0 bridgehead atoms. The van der Waals surface area contributed by atoms with E-state index in [-0.39, 0.29) is 11.5 Å². The van der Waals surface area contributed by atoms with Crippen molar-refractivity contribution >= 4 is 29.0 Å². The van der Waals surface area contributed by atoms with E-state index in [1.807, 2.05) is 24.3 Å². The number of aromatic nitrogens is 2. The van der Waals surface area contributed by atoms with Crippen LogP contribution >= 0.6 is 12.2 Å². The molecule has 1 aromatic heterocycles. The van der Waals surface area contributed by atoms with Gasteiger partial charge in [0.15, 0.2) is 4.77 Å². The van der Waals surface area contributed by atoms with Gasteiger partial charge in [0, 0.05) is 18.7 Å². The number of aromatic amines is 1. The molecule has 0 atom stereocenters. The molecule has 0 fully saturated rings. The fraction of sp³-hybridized carbons (Fsp3) is 0.150. The number of fused-ring (bicyclic) bond motifs is 1. The minimum atomic E-state index is -0.234. The summed E-state index contributed by atoms with van der Waals surface area (Å²) in [7, 11) is 1.61. The fourth-order valence-electron chi connectivity index (χ4n) is 2.72. The first-order valence-electron chi connectivity index (χ1n) is 8.32. The van der Waals surface area contributed by atoms with Crippen LogP contribution in [0.5, 0.6) is 5.75 Å². The predicted octanol–water partition coefficient (Wildman–Crippen LogP) is 3.18. The minimum absolute atomic E-state index is 0.209. The Bertz CT molecular complexity index is 1110. The van der Waals surface area contributed by atoms with E-state index in [9.17, 15) is 9.59 Å². The quantitative estimate of drug-likeness (QED) is 0.508. The second-order valence-electron chi connectivity index (χ2n) is 5.93. The molecule has 2 N–H and O–H groups in total. The molecule has 7 heteroatoms. The number of ether oxygens (including phenoxy) is 1. The standard InChI is InChI=1S/C20H19N3O3S/c1-3-10-23-19(25)16-9-6-14(11-17(16)22-20(23)27)18(24)21-12-13-4-7-15(26-2)8-5-13/h3-9,11H,1,10,12H2,2H3,(H,21,24)(H,22,27). The molecule has 1 heterocycles. The van der Waals surface area contributed by atoms with Crippen LogP contribution in [0.2, 0.25) is 0 Å². The maximum absolute atomic E-state index is 12.5. The number of hydrogen-bond donors (Lipinski definition) is 2. The highest BCUT2D eigenvalue weighted by atomic mass is 32.1. The molecule has 0 saturated carbocycles. The Hall–Kier alpha value is -3.19. The number of nitrogens with zero attached hydrogens (tertiary/aromatic N) is 1. The summed E-state index contributed by atoms with van der Waals surface area (Å²) < 4.78 is 6.84. The number of amides is 1. The van der Waals surface area contributed by atoms with Crippen molar-refractivity contribution in [1.29, 1.82) is 0 Å². The van der Waals surface area contributed by atoms with Crippen molar-refractivity contribution in [2.75, 3.05) is 7.11 Å². The molecular weight excluding hydrogens is 362 g/mol. The number of carbonyl (C=O) groups excluding carboxylic acids is 1. The maximum Gasteiger partial charge on any atom is 0.262 e. The van der Waals surface area contributed by atoms with Crippen LogP contribution in [0, 0.1) is 4.77 Å². The number of hydrogen-bond acceptors (Lipinski definition) is 4. The lowest BCUT2D eigenvalue weighted by Crippen LogP contribution is -2.24. The average Bonchev–Trinajstić information content (AvgIpc) is 2.69. The summed E-state index contributed by atoms with van der Waals surface area (Å²) >= 11 is 5.23. The van der Waals surface area contributed by atoms with E-state index < -0.39 is 0 Å². The monoisotopic (exact) mass is 381 g/mol. The normalized spacial score (nSPS) is 10.6. The molecule has 0 aliphatic carbocycles. The Balaban J connectivity index is 1.82. The van der Waals surface area contributed by atoms with E-state index in [0.29, 0.717) is 34.3 Å². The first kappa shape index (κ1) is 18.6. The van der Waals surface area contributed by atoms with Gasteiger partial charge in [-0.1, -0.05) is 18.2 Å². The Labute approximate surface area is 161 Å². The molecule has 0 saturated heterocycles. The molecule has 0 aliphatic heterocycles. The highest BCUT2D eigenvalue weighted by Crippen LogP contribution is 2.13. The van der Waals surface area contributed by atoms with E-state index in [4.69, 9.17) is 17.0 Å². The third kappa shape index (κ3) is 3.98. The van der Waals surface area contributed by atoms with Crippen molar-refractivity contribution in [1.82, 2.24) is 14.9 Å². The van der Waals surface area contributed by atoms with Gasteiger partial charge in [-0.25, -0.2) is 0 Å². The number of rotatable bonds is 6. The van der Waals surface area contributed by atoms with Crippen molar-refractivity contribution in [2.24, 2.45) is 0 Å². The fourth-order valence-corrected chi connectivity index (χ4v) is 2.99. The SMILES string of the molecule is C=CCn1c(=S)[nH]c2cc(C(=O)NCc3ccc(OC)cc3)ccc2c1=O. The Morgan fingerprint density at radius 1 is 1.30 bits per heavy atom. The van der Waals surface area contributed by atoms with Gasteiger partial charge in [-0.3, -0.25) is 14.2 Å². The Morgan fingerprint density at radius 2 is 2.04 bits per heavy atom. The van der Waals surface area contributed by atoms with E-state index in [1.165, 1.54) is 4.57 Å². The summed E-state index contributed by atoms with van der Waals surface area (Å²) in [5.74, 6) is 0.527. The van der Waals surface area contributed by atoms with Gasteiger partial charge in [-0.2, -0.15) is 0 Å². The zero-order valence-electron chi connectivity index (χ0n) is 14.8. The number of H-pyrrole nitrogens is 1. The summed E-state index contributed by atoms with van der Waals surface area (Å²) in [4.78, 5) is 28.0. The van der Waals surface area contributed by atoms with Gasteiger partial charge in [-0.05, 0) is 48.1 Å². The number of methoxy groups -OCH3 is 1. The largest absolute Gasteiger partial charge is 0.497 e. The van der Waals surface area contributed by atoms with Gasteiger partial charge in [0.2, 0.25) is 0 Å². The van der Waals surface area contributed by atoms with E-state index in [1.54, 1.807) is 31.4 Å². The summed E-state index contributed by atoms with van der Waals surface area (Å²) in [6, 6.07) is 12.3. The zero-order valence-corrected chi connectivity index (χ0v) is 15.6. The van der Waals surface area contributed by atoms with Crippen LogP contribution in [0.15, 0.2) is 59.9 Å². The maximum atomic E-state index is 12.5. The Morgan fingerprint density at radius 3 is 2.70 bits per heavy atom. The molecule has 0 unspecified atom stereocenters. The van der Waals surface area contributed by atoms with Crippen LogP contribution in [-0.4, -0.2) is 22.6 Å². The predicted molar refractivity (Wildman–Crippen MR) is 108 cm³/mol. The van der Waals surface area contributed by atoms with E-state index in [0.717, 1.165) is 11.3 Å². The van der Waals surface area contributed by atoms with Gasteiger partial charge in [0.1, 0.15) is 5.75 Å². The van der Waals surface area contributed by atoms with Gasteiger partial charge in [0.25, 0.3) is 11.5 Å². The van der Waals surface area contributed by atoms with Gasteiger partial charge in [-0.15, -0.1) is 6.58 Å². The van der Waals surface area contributed by atoms with Crippen molar-refractivity contribution < 1.29 is 9.53 Å². The topological polar surface area (TPSA) is 76.1 Å². The summed E-state index contributed by atoms with van der Waals surface area (Å²) in [6.45, 7) is 4.35. The Kier molecular flexibility index (Phi) is 5.52. The summed E-state index contributed by atoms with van der Waals surface area (Å²) in [5.41, 5.74) is 1.72. The van der Waals surface area contributed by atoms with Crippen molar-refractivity contribution in [3.63, 3.8) is 0 Å². The third-order valence-electron chi connectivity index (χ3n) is 4.17. The molecular formula is C20H19N3O3S. The van der Waals surface area contributed by atoms with Crippen LogP contribution < -0.4 is 15.6 Å². The molecule has 3 rings (SSSR count). The average molecular weight is 381 g/mol.